The van der Waals surface area contributed by atoms with Crippen molar-refractivity contribution in [3.05, 3.63) is 36.3 Å². The van der Waals surface area contributed by atoms with Gasteiger partial charge in [0.1, 0.15) is 11.6 Å². The van der Waals surface area contributed by atoms with Crippen molar-refractivity contribution in [2.75, 3.05) is 13.7 Å². The van der Waals surface area contributed by atoms with Gasteiger partial charge in [0.05, 0.1) is 19.9 Å². The average molecular weight is 267 g/mol. The number of aliphatic imine (C=N–C) groups is 1. The Morgan fingerprint density at radius 1 is 1.39 bits per heavy atom. The molecule has 1 atom stereocenters. The Morgan fingerprint density at radius 3 is 3.06 bits per heavy atom. The van der Waals surface area contributed by atoms with Crippen LogP contribution in [0.5, 0.6) is 0 Å². The first-order valence-electron chi connectivity index (χ1n) is 5.67. The summed E-state index contributed by atoms with van der Waals surface area (Å²) in [5, 5.41) is 2.34. The van der Waals surface area contributed by atoms with Crippen LogP contribution >= 0.6 is 12.4 Å². The molecule has 1 aliphatic heterocycles. The summed E-state index contributed by atoms with van der Waals surface area (Å²) in [6.45, 7) is 0.753. The molecule has 4 nitrogen and oxygen atoms in total. The summed E-state index contributed by atoms with van der Waals surface area (Å²) < 4.78 is 5.68. The fraction of sp³-hybridized carbons (Fsp3) is 0.308. The Hall–Kier alpha value is -1.52. The standard InChI is InChI=1S/C13H14N2O2.ClH/c1-16-15-12-6-10(7-14-12)13-11-5-3-2-4-9(11)8-17-13;/h2-5,8,10H,6-7H2,1H3,(H,14,15);1H. The summed E-state index contributed by atoms with van der Waals surface area (Å²) in [5.41, 5.74) is 2.79. The SMILES string of the molecule is CONC1=NCC(c2occ3ccccc23)C1.Cl. The maximum absolute atomic E-state index is 5.68. The lowest BCUT2D eigenvalue weighted by Crippen LogP contribution is -2.20. The summed E-state index contributed by atoms with van der Waals surface area (Å²) in [4.78, 5) is 9.26. The Bertz CT molecular complexity index is 565. The van der Waals surface area contributed by atoms with Crippen molar-refractivity contribution >= 4 is 29.0 Å². The zero-order chi connectivity index (χ0) is 11.7. The number of furan rings is 1. The van der Waals surface area contributed by atoms with Gasteiger partial charge >= 0.3 is 0 Å². The minimum atomic E-state index is 0. The van der Waals surface area contributed by atoms with E-state index in [2.05, 4.69) is 22.6 Å². The number of nitrogens with one attached hydrogen (secondary N) is 1. The largest absolute Gasteiger partial charge is 0.468 e. The third kappa shape index (κ3) is 2.21. The number of hydrogen-bond donors (Lipinski definition) is 1. The fourth-order valence-corrected chi connectivity index (χ4v) is 2.28. The molecule has 2 aromatic rings. The molecule has 1 aromatic carbocycles. The normalized spacial score (nSPS) is 18.5. The number of hydrogen-bond acceptors (Lipinski definition) is 4. The van der Waals surface area contributed by atoms with E-state index in [1.165, 1.54) is 5.39 Å². The predicted octanol–water partition coefficient (Wildman–Crippen LogP) is 2.89. The van der Waals surface area contributed by atoms with Crippen LogP contribution in [0.3, 0.4) is 0 Å². The average Bonchev–Trinajstić information content (AvgIpc) is 2.95. The maximum Gasteiger partial charge on any atom is 0.121 e. The highest BCUT2D eigenvalue weighted by Gasteiger charge is 2.24. The lowest BCUT2D eigenvalue weighted by Gasteiger charge is -2.06. The minimum absolute atomic E-state index is 0. The second-order valence-corrected chi connectivity index (χ2v) is 4.18. The first kappa shape index (κ1) is 12.9. The molecule has 5 heteroatoms. The molecule has 0 fully saturated rings. The molecule has 0 amide bonds. The molecule has 1 aromatic heterocycles. The van der Waals surface area contributed by atoms with E-state index >= 15 is 0 Å². The lowest BCUT2D eigenvalue weighted by molar-refractivity contribution is 0.143. The van der Waals surface area contributed by atoms with Crippen molar-refractivity contribution in [1.29, 1.82) is 0 Å². The molecular formula is C13H15ClN2O2. The van der Waals surface area contributed by atoms with Gasteiger partial charge in [0.2, 0.25) is 0 Å². The molecule has 18 heavy (non-hydrogen) atoms. The van der Waals surface area contributed by atoms with E-state index in [0.717, 1.165) is 29.9 Å². The van der Waals surface area contributed by atoms with E-state index in [-0.39, 0.29) is 12.4 Å². The van der Waals surface area contributed by atoms with Crippen molar-refractivity contribution in [3.63, 3.8) is 0 Å². The van der Waals surface area contributed by atoms with Crippen LogP contribution in [0.1, 0.15) is 18.1 Å². The van der Waals surface area contributed by atoms with Gasteiger partial charge in [0.15, 0.2) is 0 Å². The highest BCUT2D eigenvalue weighted by Crippen LogP contribution is 2.32. The van der Waals surface area contributed by atoms with E-state index in [9.17, 15) is 0 Å². The molecule has 3 rings (SSSR count). The fourth-order valence-electron chi connectivity index (χ4n) is 2.28. The van der Waals surface area contributed by atoms with Gasteiger partial charge in [-0.25, -0.2) is 0 Å². The zero-order valence-electron chi connectivity index (χ0n) is 10.1. The van der Waals surface area contributed by atoms with Gasteiger partial charge in [-0.15, -0.1) is 12.4 Å². The van der Waals surface area contributed by atoms with Crippen LogP contribution in [0.25, 0.3) is 10.8 Å². The van der Waals surface area contributed by atoms with Crippen LogP contribution in [0.2, 0.25) is 0 Å². The first-order chi connectivity index (χ1) is 8.38. The zero-order valence-corrected chi connectivity index (χ0v) is 10.9. The second kappa shape index (κ2) is 5.42. The van der Waals surface area contributed by atoms with Gasteiger partial charge in [-0.3, -0.25) is 15.3 Å². The number of rotatable bonds is 2. The highest BCUT2D eigenvalue weighted by molar-refractivity contribution is 5.88. The Morgan fingerprint density at radius 2 is 2.22 bits per heavy atom. The van der Waals surface area contributed by atoms with E-state index in [1.807, 2.05) is 18.4 Å². The Balaban J connectivity index is 0.00000120. The number of amidine groups is 1. The summed E-state index contributed by atoms with van der Waals surface area (Å²) in [5.74, 6) is 2.22. The number of benzene rings is 1. The van der Waals surface area contributed by atoms with E-state index < -0.39 is 0 Å². The molecule has 0 bridgehead atoms. The second-order valence-electron chi connectivity index (χ2n) is 4.18. The number of hydroxylamine groups is 1. The van der Waals surface area contributed by atoms with Crippen LogP contribution in [0.15, 0.2) is 39.9 Å². The van der Waals surface area contributed by atoms with E-state index in [0.29, 0.717) is 5.92 Å². The Kier molecular flexibility index (Phi) is 3.89. The predicted molar refractivity (Wildman–Crippen MR) is 73.3 cm³/mol. The number of halogens is 1. The van der Waals surface area contributed by atoms with Gasteiger partial charge in [-0.2, -0.15) is 0 Å². The van der Waals surface area contributed by atoms with Gasteiger partial charge in [-0.1, -0.05) is 24.3 Å². The smallest absolute Gasteiger partial charge is 0.121 e. The van der Waals surface area contributed by atoms with Crippen molar-refractivity contribution in [1.82, 2.24) is 5.48 Å². The van der Waals surface area contributed by atoms with Crippen molar-refractivity contribution in [3.8, 4) is 0 Å². The van der Waals surface area contributed by atoms with E-state index in [4.69, 9.17) is 9.25 Å². The molecule has 1 aliphatic rings. The molecule has 0 aliphatic carbocycles. The van der Waals surface area contributed by atoms with Crippen molar-refractivity contribution < 1.29 is 9.25 Å². The van der Waals surface area contributed by atoms with Crippen LogP contribution in [-0.4, -0.2) is 19.5 Å². The van der Waals surface area contributed by atoms with Crippen LogP contribution in [0, 0.1) is 0 Å². The summed E-state index contributed by atoms with van der Waals surface area (Å²) in [6.07, 6.45) is 2.65. The summed E-state index contributed by atoms with van der Waals surface area (Å²) >= 11 is 0. The molecule has 0 radical (unpaired) electrons. The molecule has 1 unspecified atom stereocenters. The van der Waals surface area contributed by atoms with Crippen molar-refractivity contribution in [2.24, 2.45) is 4.99 Å². The molecule has 2 heterocycles. The van der Waals surface area contributed by atoms with Crippen molar-refractivity contribution in [2.45, 2.75) is 12.3 Å². The third-order valence-electron chi connectivity index (χ3n) is 3.07. The molecule has 0 saturated heterocycles. The van der Waals surface area contributed by atoms with Crippen LogP contribution in [-0.2, 0) is 4.84 Å². The quantitative estimate of drug-likeness (QED) is 0.850. The maximum atomic E-state index is 5.68. The molecule has 0 spiro atoms. The lowest BCUT2D eigenvalue weighted by atomic mass is 10.0. The van der Waals surface area contributed by atoms with Gasteiger partial charge < -0.3 is 4.42 Å². The van der Waals surface area contributed by atoms with Gasteiger partial charge in [0, 0.05) is 23.1 Å². The summed E-state index contributed by atoms with van der Waals surface area (Å²) in [7, 11) is 1.60. The number of nitrogens with zero attached hydrogens (tertiary/aromatic N) is 1. The Labute approximate surface area is 111 Å². The van der Waals surface area contributed by atoms with Crippen LogP contribution < -0.4 is 5.48 Å². The molecule has 96 valence electrons. The number of fused-ring (bicyclic) bond motifs is 1. The molecule has 0 saturated carbocycles. The summed E-state index contributed by atoms with van der Waals surface area (Å²) in [6, 6.07) is 8.21. The minimum Gasteiger partial charge on any atom is -0.468 e. The van der Waals surface area contributed by atoms with E-state index in [1.54, 1.807) is 7.11 Å². The molecular weight excluding hydrogens is 252 g/mol. The first-order valence-corrected chi connectivity index (χ1v) is 5.67. The van der Waals surface area contributed by atoms with Gasteiger partial charge in [0.25, 0.3) is 0 Å². The highest BCUT2D eigenvalue weighted by atomic mass is 35.5. The third-order valence-corrected chi connectivity index (χ3v) is 3.07. The monoisotopic (exact) mass is 266 g/mol. The topological polar surface area (TPSA) is 46.8 Å². The van der Waals surface area contributed by atoms with Crippen LogP contribution in [0.4, 0.5) is 0 Å². The van der Waals surface area contributed by atoms with Gasteiger partial charge in [-0.05, 0) is 0 Å². The molecule has 1 N–H and O–H groups in total.